The molecule has 4 rings (SSSR count). The van der Waals surface area contributed by atoms with Gasteiger partial charge < -0.3 is 9.40 Å². The lowest BCUT2D eigenvalue weighted by Gasteiger charge is -2.12. The minimum absolute atomic E-state index is 0.249. The van der Waals surface area contributed by atoms with Crippen molar-refractivity contribution in [3.63, 3.8) is 0 Å². The van der Waals surface area contributed by atoms with Crippen molar-refractivity contribution in [3.8, 4) is 16.9 Å². The van der Waals surface area contributed by atoms with Gasteiger partial charge in [0.15, 0.2) is 0 Å². The van der Waals surface area contributed by atoms with E-state index in [0.717, 1.165) is 39.5 Å². The molecule has 0 radical (unpaired) electrons. The Hall–Kier alpha value is -3.66. The lowest BCUT2D eigenvalue weighted by Crippen LogP contribution is -2.02. The van der Waals surface area contributed by atoms with Crippen molar-refractivity contribution in [2.24, 2.45) is 5.16 Å². The summed E-state index contributed by atoms with van der Waals surface area (Å²) in [6.45, 7) is 6.50. The van der Waals surface area contributed by atoms with Crippen LogP contribution in [0, 0.1) is 19.7 Å². The number of halogens is 1. The third-order valence-electron chi connectivity index (χ3n) is 5.47. The van der Waals surface area contributed by atoms with E-state index in [1.165, 1.54) is 17.7 Å². The molecule has 0 amide bonds. The highest BCUT2D eigenvalue weighted by molar-refractivity contribution is 6.01. The number of nitrogens with zero attached hydrogens (tertiary/aromatic N) is 2. The Morgan fingerprint density at radius 2 is 1.58 bits per heavy atom. The number of benzene rings is 3. The molecule has 31 heavy (non-hydrogen) atoms. The van der Waals surface area contributed by atoms with Crippen molar-refractivity contribution >= 4 is 5.71 Å². The molecule has 0 aliphatic rings. The van der Waals surface area contributed by atoms with Crippen molar-refractivity contribution in [2.75, 3.05) is 0 Å². The van der Waals surface area contributed by atoms with E-state index in [1.807, 2.05) is 43.3 Å². The van der Waals surface area contributed by atoms with Crippen LogP contribution in [0.15, 0.2) is 90.1 Å². The summed E-state index contributed by atoms with van der Waals surface area (Å²) in [6.07, 6.45) is 0. The molecule has 156 valence electrons. The van der Waals surface area contributed by atoms with Crippen molar-refractivity contribution < 1.29 is 9.23 Å². The van der Waals surface area contributed by atoms with Gasteiger partial charge in [0, 0.05) is 16.9 Å². The molecule has 1 aromatic heterocycles. The Morgan fingerprint density at radius 3 is 2.29 bits per heavy atom. The van der Waals surface area contributed by atoms with E-state index in [-0.39, 0.29) is 5.82 Å². The van der Waals surface area contributed by atoms with Gasteiger partial charge in [-0.05, 0) is 79.9 Å². The molecule has 0 bridgehead atoms. The Morgan fingerprint density at radius 1 is 0.903 bits per heavy atom. The first-order valence-corrected chi connectivity index (χ1v) is 10.3. The second kappa shape index (κ2) is 9.00. The fourth-order valence-corrected chi connectivity index (χ4v) is 3.74. The Kier molecular flexibility index (Phi) is 5.99. The van der Waals surface area contributed by atoms with Crippen LogP contribution in [0.4, 0.5) is 4.39 Å². The molecule has 3 nitrogen and oxygen atoms in total. The number of hydrogen-bond acceptors (Lipinski definition) is 2. The molecule has 4 aromatic rings. The molecule has 0 fully saturated rings. The minimum atomic E-state index is -0.249. The van der Waals surface area contributed by atoms with Crippen molar-refractivity contribution in [1.82, 2.24) is 4.57 Å². The Balaban J connectivity index is 1.71. The van der Waals surface area contributed by atoms with Crippen LogP contribution in [0.2, 0.25) is 0 Å². The lowest BCUT2D eigenvalue weighted by molar-refractivity contribution is 0.130. The van der Waals surface area contributed by atoms with Crippen LogP contribution in [-0.4, -0.2) is 10.3 Å². The highest BCUT2D eigenvalue weighted by Gasteiger charge is 2.17. The van der Waals surface area contributed by atoms with E-state index < -0.39 is 0 Å². The molecule has 0 N–H and O–H groups in total. The number of para-hydroxylation sites is 1. The van der Waals surface area contributed by atoms with E-state index in [9.17, 15) is 4.39 Å². The normalized spacial score (nSPS) is 11.5. The van der Waals surface area contributed by atoms with Crippen LogP contribution in [0.1, 0.15) is 29.3 Å². The first kappa shape index (κ1) is 20.6. The summed E-state index contributed by atoms with van der Waals surface area (Å²) >= 11 is 0. The van der Waals surface area contributed by atoms with Gasteiger partial charge in [-0.1, -0.05) is 47.6 Å². The van der Waals surface area contributed by atoms with Gasteiger partial charge >= 0.3 is 0 Å². The standard InChI is InChI=1S/C27H25FN2O/c1-19-9-7-8-10-23(19)18-31-29-20(2)26-17-27(22-13-15-24(28)16-14-22)30(21(26)3)25-11-5-4-6-12-25/h4-17H,18H2,1-3H3. The van der Waals surface area contributed by atoms with Gasteiger partial charge in [0.2, 0.25) is 0 Å². The van der Waals surface area contributed by atoms with Gasteiger partial charge in [-0.2, -0.15) is 0 Å². The third kappa shape index (κ3) is 4.43. The predicted octanol–water partition coefficient (Wildman–Crippen LogP) is 6.84. The molecule has 0 atom stereocenters. The monoisotopic (exact) mass is 412 g/mol. The molecule has 0 aliphatic carbocycles. The third-order valence-corrected chi connectivity index (χ3v) is 5.47. The number of aromatic nitrogens is 1. The van der Waals surface area contributed by atoms with Gasteiger partial charge in [-0.15, -0.1) is 0 Å². The van der Waals surface area contributed by atoms with E-state index in [4.69, 9.17) is 4.84 Å². The maximum absolute atomic E-state index is 13.5. The topological polar surface area (TPSA) is 26.5 Å². The molecular weight excluding hydrogens is 387 g/mol. The van der Waals surface area contributed by atoms with E-state index in [2.05, 4.69) is 47.8 Å². The molecule has 0 saturated heterocycles. The zero-order chi connectivity index (χ0) is 21.8. The maximum Gasteiger partial charge on any atom is 0.142 e. The van der Waals surface area contributed by atoms with Crippen LogP contribution >= 0.6 is 0 Å². The Labute approximate surface area is 182 Å². The quantitative estimate of drug-likeness (QED) is 0.251. The summed E-state index contributed by atoms with van der Waals surface area (Å²) in [7, 11) is 0. The van der Waals surface area contributed by atoms with Crippen LogP contribution in [-0.2, 0) is 11.4 Å². The van der Waals surface area contributed by atoms with E-state index in [0.29, 0.717) is 6.61 Å². The zero-order valence-electron chi connectivity index (χ0n) is 18.0. The fraction of sp³-hybridized carbons (Fsp3) is 0.148. The minimum Gasteiger partial charge on any atom is -0.391 e. The summed E-state index contributed by atoms with van der Waals surface area (Å²) in [5, 5.41) is 4.39. The van der Waals surface area contributed by atoms with Crippen LogP contribution in [0.3, 0.4) is 0 Å². The zero-order valence-corrected chi connectivity index (χ0v) is 18.0. The second-order valence-electron chi connectivity index (χ2n) is 7.58. The van der Waals surface area contributed by atoms with Gasteiger partial charge in [-0.25, -0.2) is 4.39 Å². The molecular formula is C27H25FN2O. The molecule has 0 spiro atoms. The van der Waals surface area contributed by atoms with Crippen LogP contribution in [0.25, 0.3) is 16.9 Å². The first-order valence-electron chi connectivity index (χ1n) is 10.3. The molecule has 0 saturated carbocycles. The average molecular weight is 413 g/mol. The molecule has 4 heteroatoms. The van der Waals surface area contributed by atoms with Gasteiger partial charge in [-0.3, -0.25) is 0 Å². The SMILES string of the molecule is CC(=NOCc1ccccc1C)c1cc(-c2ccc(F)cc2)n(-c2ccccc2)c1C. The average Bonchev–Trinajstić information content (AvgIpc) is 3.13. The number of aryl methyl sites for hydroxylation is 1. The second-order valence-corrected chi connectivity index (χ2v) is 7.58. The smallest absolute Gasteiger partial charge is 0.142 e. The summed E-state index contributed by atoms with van der Waals surface area (Å²) in [6, 6.07) is 26.9. The molecule has 0 aliphatic heterocycles. The molecule has 1 heterocycles. The van der Waals surface area contributed by atoms with Crippen LogP contribution < -0.4 is 0 Å². The van der Waals surface area contributed by atoms with Gasteiger partial charge in [0.25, 0.3) is 0 Å². The number of hydrogen-bond donors (Lipinski definition) is 0. The number of oxime groups is 1. The predicted molar refractivity (Wildman–Crippen MR) is 124 cm³/mol. The van der Waals surface area contributed by atoms with Crippen LogP contribution in [0.5, 0.6) is 0 Å². The molecule has 0 unspecified atom stereocenters. The summed E-state index contributed by atoms with van der Waals surface area (Å²) in [5.41, 5.74) is 8.09. The fourth-order valence-electron chi connectivity index (χ4n) is 3.74. The number of rotatable bonds is 6. The highest BCUT2D eigenvalue weighted by Crippen LogP contribution is 2.30. The van der Waals surface area contributed by atoms with Crippen molar-refractivity contribution in [3.05, 3.63) is 113 Å². The van der Waals surface area contributed by atoms with E-state index >= 15 is 0 Å². The maximum atomic E-state index is 13.5. The molecule has 3 aromatic carbocycles. The summed E-state index contributed by atoms with van der Waals surface area (Å²) < 4.78 is 15.7. The van der Waals surface area contributed by atoms with Crippen molar-refractivity contribution in [1.29, 1.82) is 0 Å². The largest absolute Gasteiger partial charge is 0.391 e. The first-order chi connectivity index (χ1) is 15.0. The lowest BCUT2D eigenvalue weighted by atomic mass is 10.1. The summed E-state index contributed by atoms with van der Waals surface area (Å²) in [4.78, 5) is 5.68. The summed E-state index contributed by atoms with van der Waals surface area (Å²) in [5.74, 6) is -0.249. The van der Waals surface area contributed by atoms with Gasteiger partial charge in [0.1, 0.15) is 12.4 Å². The highest BCUT2D eigenvalue weighted by atomic mass is 19.1. The van der Waals surface area contributed by atoms with Crippen molar-refractivity contribution in [2.45, 2.75) is 27.4 Å². The Bertz CT molecular complexity index is 1210. The van der Waals surface area contributed by atoms with E-state index in [1.54, 1.807) is 12.1 Å². The van der Waals surface area contributed by atoms with Gasteiger partial charge in [0.05, 0.1) is 11.4 Å².